The largest absolute Gasteiger partial charge is 0.508 e. The predicted molar refractivity (Wildman–Crippen MR) is 98.1 cm³/mol. The van der Waals surface area contributed by atoms with Crippen LogP contribution in [0.3, 0.4) is 0 Å². The zero-order valence-electron chi connectivity index (χ0n) is 14.3. The molecule has 2 rings (SSSR count). The van der Waals surface area contributed by atoms with Crippen molar-refractivity contribution in [3.05, 3.63) is 70.9 Å². The molecule has 5 nitrogen and oxygen atoms in total. The molecule has 0 atom stereocenters. The van der Waals surface area contributed by atoms with Gasteiger partial charge in [0.05, 0.1) is 0 Å². The lowest BCUT2D eigenvalue weighted by molar-refractivity contribution is -0.112. The van der Waals surface area contributed by atoms with E-state index in [1.54, 1.807) is 12.1 Å². The number of hydrogen-bond donors (Lipinski definition) is 3. The number of aryl methyl sites for hydroxylation is 1. The van der Waals surface area contributed by atoms with Gasteiger partial charge in [0.1, 0.15) is 17.4 Å². The van der Waals surface area contributed by atoms with Crippen LogP contribution in [0.25, 0.3) is 0 Å². The minimum absolute atomic E-state index is 0.0200. The Morgan fingerprint density at radius 3 is 2.60 bits per heavy atom. The standard InChI is InChI=1S/C20H21N3O2/c1-14-4-3-5-19(15(14)2)23-20(25)17(12-21)13-22-11-10-16-6-8-18(24)9-7-16/h3-9,13,22,24H,10-11H2,1-2H3,(H,23,25)/b17-13-. The summed E-state index contributed by atoms with van der Waals surface area (Å²) in [6.07, 6.45) is 2.15. The van der Waals surface area contributed by atoms with E-state index >= 15 is 0 Å². The van der Waals surface area contributed by atoms with Crippen molar-refractivity contribution in [3.8, 4) is 11.8 Å². The molecule has 1 amide bonds. The summed E-state index contributed by atoms with van der Waals surface area (Å²) in [6.45, 7) is 4.47. The molecule has 0 fully saturated rings. The molecular formula is C20H21N3O2. The first-order valence-electron chi connectivity index (χ1n) is 8.00. The van der Waals surface area contributed by atoms with Gasteiger partial charge in [0, 0.05) is 18.4 Å². The Bertz CT molecular complexity index is 818. The highest BCUT2D eigenvalue weighted by Crippen LogP contribution is 2.18. The minimum Gasteiger partial charge on any atom is -0.508 e. The quantitative estimate of drug-likeness (QED) is 0.430. The van der Waals surface area contributed by atoms with Crippen LogP contribution in [0.1, 0.15) is 16.7 Å². The molecule has 2 aromatic rings. The van der Waals surface area contributed by atoms with Gasteiger partial charge in [-0.15, -0.1) is 0 Å². The van der Waals surface area contributed by atoms with Crippen LogP contribution in [0.15, 0.2) is 54.2 Å². The van der Waals surface area contributed by atoms with Crippen molar-refractivity contribution in [1.82, 2.24) is 5.32 Å². The Morgan fingerprint density at radius 1 is 1.20 bits per heavy atom. The van der Waals surface area contributed by atoms with Gasteiger partial charge in [-0.3, -0.25) is 4.79 Å². The number of aromatic hydroxyl groups is 1. The zero-order chi connectivity index (χ0) is 18.2. The molecule has 25 heavy (non-hydrogen) atoms. The van der Waals surface area contributed by atoms with Gasteiger partial charge in [-0.25, -0.2) is 0 Å². The number of nitrogens with one attached hydrogen (secondary N) is 2. The van der Waals surface area contributed by atoms with E-state index in [0.717, 1.165) is 16.7 Å². The maximum atomic E-state index is 12.2. The molecule has 0 aromatic heterocycles. The van der Waals surface area contributed by atoms with Crippen LogP contribution in [0.5, 0.6) is 5.75 Å². The Labute approximate surface area is 147 Å². The molecule has 0 aliphatic carbocycles. The van der Waals surface area contributed by atoms with E-state index in [-0.39, 0.29) is 11.3 Å². The molecule has 0 saturated heterocycles. The molecule has 3 N–H and O–H groups in total. The van der Waals surface area contributed by atoms with Gasteiger partial charge in [0.15, 0.2) is 0 Å². The van der Waals surface area contributed by atoms with Crippen molar-refractivity contribution in [2.24, 2.45) is 0 Å². The number of rotatable bonds is 6. The Morgan fingerprint density at radius 2 is 1.92 bits per heavy atom. The highest BCUT2D eigenvalue weighted by Gasteiger charge is 2.11. The number of phenolic OH excluding ortho intramolecular Hbond substituents is 1. The lowest BCUT2D eigenvalue weighted by Crippen LogP contribution is -2.18. The number of phenols is 1. The average molecular weight is 335 g/mol. The molecule has 0 unspecified atom stereocenters. The normalized spacial score (nSPS) is 10.8. The van der Waals surface area contributed by atoms with E-state index in [4.69, 9.17) is 0 Å². The Balaban J connectivity index is 1.92. The predicted octanol–water partition coefficient (Wildman–Crippen LogP) is 3.19. The molecule has 0 bridgehead atoms. The van der Waals surface area contributed by atoms with Gasteiger partial charge < -0.3 is 15.7 Å². The fraction of sp³-hybridized carbons (Fsp3) is 0.200. The van der Waals surface area contributed by atoms with Crippen molar-refractivity contribution < 1.29 is 9.90 Å². The number of carbonyl (C=O) groups is 1. The van der Waals surface area contributed by atoms with Gasteiger partial charge in [-0.1, -0.05) is 24.3 Å². The summed E-state index contributed by atoms with van der Waals surface area (Å²) in [5, 5.41) is 24.2. The van der Waals surface area contributed by atoms with E-state index in [1.807, 2.05) is 50.2 Å². The fourth-order valence-electron chi connectivity index (χ4n) is 2.28. The van der Waals surface area contributed by atoms with E-state index < -0.39 is 5.91 Å². The van der Waals surface area contributed by atoms with Crippen molar-refractivity contribution in [1.29, 1.82) is 5.26 Å². The SMILES string of the molecule is Cc1cccc(NC(=O)/C(C#N)=C\NCCc2ccc(O)cc2)c1C. The second kappa shape index (κ2) is 8.55. The van der Waals surface area contributed by atoms with Crippen LogP contribution in [0, 0.1) is 25.2 Å². The number of nitrogens with zero attached hydrogens (tertiary/aromatic N) is 1. The van der Waals surface area contributed by atoms with Crippen LogP contribution in [-0.2, 0) is 11.2 Å². The highest BCUT2D eigenvalue weighted by atomic mass is 16.3. The third-order valence-corrected chi connectivity index (χ3v) is 3.96. The summed E-state index contributed by atoms with van der Waals surface area (Å²) in [4.78, 5) is 12.2. The lowest BCUT2D eigenvalue weighted by atomic mass is 10.1. The molecule has 0 spiro atoms. The number of hydrogen-bond acceptors (Lipinski definition) is 4. The second-order valence-corrected chi connectivity index (χ2v) is 5.74. The summed E-state index contributed by atoms with van der Waals surface area (Å²) in [5.74, 6) is -0.209. The maximum Gasteiger partial charge on any atom is 0.267 e. The third kappa shape index (κ3) is 5.11. The second-order valence-electron chi connectivity index (χ2n) is 5.74. The molecule has 0 aliphatic heterocycles. The summed E-state index contributed by atoms with van der Waals surface area (Å²) in [7, 11) is 0. The first-order valence-corrected chi connectivity index (χ1v) is 8.00. The van der Waals surface area contributed by atoms with Crippen LogP contribution in [0.4, 0.5) is 5.69 Å². The first-order chi connectivity index (χ1) is 12.0. The van der Waals surface area contributed by atoms with Gasteiger partial charge in [0.2, 0.25) is 0 Å². The fourth-order valence-corrected chi connectivity index (χ4v) is 2.28. The van der Waals surface area contributed by atoms with Crippen molar-refractivity contribution in [2.45, 2.75) is 20.3 Å². The number of anilines is 1. The zero-order valence-corrected chi connectivity index (χ0v) is 14.3. The first kappa shape index (κ1) is 18.1. The highest BCUT2D eigenvalue weighted by molar-refractivity contribution is 6.06. The monoisotopic (exact) mass is 335 g/mol. The molecule has 5 heteroatoms. The number of amides is 1. The van der Waals surface area contributed by atoms with Crippen molar-refractivity contribution in [2.75, 3.05) is 11.9 Å². The van der Waals surface area contributed by atoms with E-state index in [1.165, 1.54) is 6.20 Å². The van der Waals surface area contributed by atoms with Crippen LogP contribution in [-0.4, -0.2) is 17.6 Å². The Kier molecular flexibility index (Phi) is 6.19. The van der Waals surface area contributed by atoms with Crippen LogP contribution >= 0.6 is 0 Å². The summed E-state index contributed by atoms with van der Waals surface area (Å²) in [5.41, 5.74) is 3.83. The Hall–Kier alpha value is -3.26. The molecule has 0 radical (unpaired) electrons. The summed E-state index contributed by atoms with van der Waals surface area (Å²) < 4.78 is 0. The molecule has 0 aliphatic rings. The van der Waals surface area contributed by atoms with E-state index in [9.17, 15) is 15.2 Å². The number of carbonyl (C=O) groups excluding carboxylic acids is 1. The topological polar surface area (TPSA) is 85.2 Å². The molecular weight excluding hydrogens is 314 g/mol. The average Bonchev–Trinajstić information content (AvgIpc) is 2.60. The number of nitriles is 1. The maximum absolute atomic E-state index is 12.2. The van der Waals surface area contributed by atoms with Gasteiger partial charge >= 0.3 is 0 Å². The minimum atomic E-state index is -0.437. The molecule has 0 heterocycles. The van der Waals surface area contributed by atoms with Crippen molar-refractivity contribution in [3.63, 3.8) is 0 Å². The molecule has 0 saturated carbocycles. The lowest BCUT2D eigenvalue weighted by Gasteiger charge is -2.10. The summed E-state index contributed by atoms with van der Waals surface area (Å²) >= 11 is 0. The molecule has 2 aromatic carbocycles. The van der Waals surface area contributed by atoms with Crippen molar-refractivity contribution >= 4 is 11.6 Å². The van der Waals surface area contributed by atoms with E-state index in [2.05, 4.69) is 10.6 Å². The van der Waals surface area contributed by atoms with Crippen LogP contribution < -0.4 is 10.6 Å². The van der Waals surface area contributed by atoms with Crippen LogP contribution in [0.2, 0.25) is 0 Å². The van der Waals surface area contributed by atoms with E-state index in [0.29, 0.717) is 18.7 Å². The molecule has 128 valence electrons. The van der Waals surface area contributed by atoms with Gasteiger partial charge in [0.25, 0.3) is 5.91 Å². The van der Waals surface area contributed by atoms with Gasteiger partial charge in [-0.2, -0.15) is 5.26 Å². The number of benzene rings is 2. The third-order valence-electron chi connectivity index (χ3n) is 3.96. The van der Waals surface area contributed by atoms with Gasteiger partial charge in [-0.05, 0) is 55.2 Å². The smallest absolute Gasteiger partial charge is 0.267 e. The summed E-state index contributed by atoms with van der Waals surface area (Å²) in [6, 6.07) is 14.5.